The molecule has 4 atom stereocenters. The molecule has 2 saturated heterocycles. The van der Waals surface area contributed by atoms with Crippen molar-refractivity contribution in [2.45, 2.75) is 49.1 Å². The minimum atomic E-state index is -3.37. The summed E-state index contributed by atoms with van der Waals surface area (Å²) in [7, 11) is -1.23. The van der Waals surface area contributed by atoms with E-state index in [0.717, 1.165) is 30.4 Å². The molecular formula is C22H25Cl2NO2S. The van der Waals surface area contributed by atoms with Gasteiger partial charge < -0.3 is 4.90 Å². The maximum atomic E-state index is 13.2. The summed E-state index contributed by atoms with van der Waals surface area (Å²) in [5.74, 6) is 0.360. The van der Waals surface area contributed by atoms with Crippen molar-refractivity contribution in [2.75, 3.05) is 12.8 Å². The molecule has 2 aliphatic rings. The van der Waals surface area contributed by atoms with Gasteiger partial charge in [0.25, 0.3) is 0 Å². The first kappa shape index (κ1) is 20.2. The molecule has 1 unspecified atom stereocenters. The average Bonchev–Trinajstić information content (AvgIpc) is 2.90. The van der Waals surface area contributed by atoms with Crippen LogP contribution in [0.2, 0.25) is 10.0 Å². The van der Waals surface area contributed by atoms with E-state index in [-0.39, 0.29) is 23.6 Å². The van der Waals surface area contributed by atoms with Crippen molar-refractivity contribution < 1.29 is 8.42 Å². The minimum Gasteiger partial charge on any atom is -0.300 e. The van der Waals surface area contributed by atoms with Crippen LogP contribution in [-0.4, -0.2) is 38.2 Å². The molecule has 4 rings (SSSR count). The van der Waals surface area contributed by atoms with E-state index < -0.39 is 9.84 Å². The van der Waals surface area contributed by atoms with Crippen molar-refractivity contribution >= 4 is 33.0 Å². The van der Waals surface area contributed by atoms with Crippen LogP contribution in [0.3, 0.4) is 0 Å². The summed E-state index contributed by atoms with van der Waals surface area (Å²) in [5, 5.41) is 1.07. The van der Waals surface area contributed by atoms with Gasteiger partial charge in [0.15, 0.2) is 9.84 Å². The number of aryl methyl sites for hydroxylation is 1. The van der Waals surface area contributed by atoms with E-state index in [9.17, 15) is 8.42 Å². The largest absolute Gasteiger partial charge is 0.300 e. The molecule has 0 saturated carbocycles. The molecule has 0 amide bonds. The van der Waals surface area contributed by atoms with Crippen LogP contribution in [0.5, 0.6) is 0 Å². The fourth-order valence-corrected chi connectivity index (χ4v) is 7.04. The molecular weight excluding hydrogens is 413 g/mol. The Balaban J connectivity index is 1.69. The maximum absolute atomic E-state index is 13.2. The number of sulfone groups is 1. The summed E-state index contributed by atoms with van der Waals surface area (Å²) >= 11 is 12.4. The molecule has 0 spiro atoms. The minimum absolute atomic E-state index is 0.0345. The Bertz CT molecular complexity index is 975. The highest BCUT2D eigenvalue weighted by Crippen LogP contribution is 2.47. The second-order valence-corrected chi connectivity index (χ2v) is 11.1. The fourth-order valence-electron chi connectivity index (χ4n) is 5.03. The summed E-state index contributed by atoms with van der Waals surface area (Å²) in [5.41, 5.74) is 2.16. The second-order valence-electron chi connectivity index (χ2n) is 8.24. The van der Waals surface area contributed by atoms with Gasteiger partial charge >= 0.3 is 0 Å². The fraction of sp³-hybridized carbons (Fsp3) is 0.455. The first-order valence-corrected chi connectivity index (χ1v) is 12.1. The van der Waals surface area contributed by atoms with Gasteiger partial charge in [0.1, 0.15) is 0 Å². The first-order chi connectivity index (χ1) is 13.3. The predicted octanol–water partition coefficient (Wildman–Crippen LogP) is 5.34. The van der Waals surface area contributed by atoms with Crippen LogP contribution in [0, 0.1) is 12.8 Å². The summed E-state index contributed by atoms with van der Waals surface area (Å²) in [6, 6.07) is 13.7. The molecule has 0 N–H and O–H groups in total. The highest BCUT2D eigenvalue weighted by molar-refractivity contribution is 7.91. The SMILES string of the molecule is Cc1ccc(S(=O)(=O)C[C@@H]2[C@@H](c3ccc(Cl)c(Cl)c3)CC3CC[C@H]2N3C)cc1. The molecule has 2 bridgehead atoms. The molecule has 2 fully saturated rings. The summed E-state index contributed by atoms with van der Waals surface area (Å²) < 4.78 is 26.5. The lowest BCUT2D eigenvalue weighted by Gasteiger charge is -2.43. The monoisotopic (exact) mass is 437 g/mol. The van der Waals surface area contributed by atoms with Crippen molar-refractivity contribution in [2.24, 2.45) is 5.92 Å². The Morgan fingerprint density at radius 1 is 1.04 bits per heavy atom. The standard InChI is InChI=1S/C22H25Cl2NO2S/c1-14-3-7-17(8-4-14)28(26,27)13-19-18(12-16-6-10-22(19)25(16)2)15-5-9-20(23)21(24)11-15/h3-5,7-9,11,16,18-19,22H,6,10,12-13H2,1-2H3/t16?,18-,19-,22-/m1/s1. The van der Waals surface area contributed by atoms with Crippen molar-refractivity contribution in [1.82, 2.24) is 4.90 Å². The second kappa shape index (κ2) is 7.64. The number of hydrogen-bond acceptors (Lipinski definition) is 3. The van der Waals surface area contributed by atoms with E-state index >= 15 is 0 Å². The predicted molar refractivity (Wildman–Crippen MR) is 115 cm³/mol. The van der Waals surface area contributed by atoms with Crippen LogP contribution >= 0.6 is 23.2 Å². The maximum Gasteiger partial charge on any atom is 0.178 e. The number of hydrogen-bond donors (Lipinski definition) is 0. The summed E-state index contributed by atoms with van der Waals surface area (Å²) in [4.78, 5) is 2.80. The third-order valence-corrected chi connectivity index (χ3v) is 9.15. The van der Waals surface area contributed by atoms with Crippen molar-refractivity contribution in [3.63, 3.8) is 0 Å². The number of halogens is 2. The van der Waals surface area contributed by atoms with Crippen LogP contribution in [-0.2, 0) is 9.84 Å². The van der Waals surface area contributed by atoms with Gasteiger partial charge in [-0.1, -0.05) is 47.0 Å². The van der Waals surface area contributed by atoms with Crippen LogP contribution in [0.15, 0.2) is 47.4 Å². The Morgan fingerprint density at radius 2 is 1.75 bits per heavy atom. The number of nitrogens with zero attached hydrogens (tertiary/aromatic N) is 1. The van der Waals surface area contributed by atoms with E-state index in [2.05, 4.69) is 11.9 Å². The van der Waals surface area contributed by atoms with Crippen molar-refractivity contribution in [1.29, 1.82) is 0 Å². The molecule has 2 aromatic rings. The molecule has 2 aliphatic heterocycles. The van der Waals surface area contributed by atoms with E-state index in [4.69, 9.17) is 23.2 Å². The quantitative estimate of drug-likeness (QED) is 0.647. The number of fused-ring (bicyclic) bond motifs is 2. The lowest BCUT2D eigenvalue weighted by atomic mass is 9.77. The van der Waals surface area contributed by atoms with Crippen LogP contribution < -0.4 is 0 Å². The molecule has 28 heavy (non-hydrogen) atoms. The molecule has 0 aliphatic carbocycles. The Kier molecular flexibility index (Phi) is 5.51. The molecule has 0 aromatic heterocycles. The van der Waals surface area contributed by atoms with Gasteiger partial charge in [0.05, 0.1) is 20.7 Å². The molecule has 150 valence electrons. The Morgan fingerprint density at radius 3 is 2.43 bits per heavy atom. The third-order valence-electron chi connectivity index (χ3n) is 6.60. The van der Waals surface area contributed by atoms with E-state index in [0.29, 0.717) is 21.0 Å². The normalized spacial score (nSPS) is 27.9. The van der Waals surface area contributed by atoms with Gasteiger partial charge in [-0.05, 0) is 74.9 Å². The van der Waals surface area contributed by atoms with E-state index in [1.54, 1.807) is 12.1 Å². The third kappa shape index (κ3) is 3.72. The van der Waals surface area contributed by atoms with Gasteiger partial charge in [0.2, 0.25) is 0 Å². The average molecular weight is 438 g/mol. The molecule has 3 nitrogen and oxygen atoms in total. The Hall–Kier alpha value is -1.07. The zero-order valence-corrected chi connectivity index (χ0v) is 18.4. The Labute approximate surface area is 177 Å². The van der Waals surface area contributed by atoms with Crippen molar-refractivity contribution in [3.8, 4) is 0 Å². The van der Waals surface area contributed by atoms with Gasteiger partial charge in [-0.15, -0.1) is 0 Å². The molecule has 0 radical (unpaired) electrons. The zero-order valence-electron chi connectivity index (χ0n) is 16.1. The van der Waals surface area contributed by atoms with Gasteiger partial charge in [0, 0.05) is 12.1 Å². The highest BCUT2D eigenvalue weighted by atomic mass is 35.5. The summed E-state index contributed by atoms with van der Waals surface area (Å²) in [6.07, 6.45) is 3.13. The molecule has 6 heteroatoms. The lowest BCUT2D eigenvalue weighted by Crippen LogP contribution is -2.48. The number of benzene rings is 2. The van der Waals surface area contributed by atoms with Crippen LogP contribution in [0.25, 0.3) is 0 Å². The summed E-state index contributed by atoms with van der Waals surface area (Å²) in [6.45, 7) is 1.96. The number of piperidine rings is 1. The number of rotatable bonds is 4. The van der Waals surface area contributed by atoms with Crippen LogP contribution in [0.4, 0.5) is 0 Å². The lowest BCUT2D eigenvalue weighted by molar-refractivity contribution is 0.111. The van der Waals surface area contributed by atoms with E-state index in [1.165, 1.54) is 0 Å². The molecule has 2 aromatic carbocycles. The van der Waals surface area contributed by atoms with Gasteiger partial charge in [-0.3, -0.25) is 0 Å². The molecule has 2 heterocycles. The first-order valence-electron chi connectivity index (χ1n) is 9.72. The zero-order chi connectivity index (χ0) is 20.1. The van der Waals surface area contributed by atoms with Crippen LogP contribution in [0.1, 0.15) is 36.3 Å². The van der Waals surface area contributed by atoms with E-state index in [1.807, 2.05) is 37.3 Å². The van der Waals surface area contributed by atoms with Gasteiger partial charge in [-0.25, -0.2) is 8.42 Å². The topological polar surface area (TPSA) is 37.4 Å². The smallest absolute Gasteiger partial charge is 0.178 e. The van der Waals surface area contributed by atoms with Crippen molar-refractivity contribution in [3.05, 3.63) is 63.6 Å². The van der Waals surface area contributed by atoms with Gasteiger partial charge in [-0.2, -0.15) is 0 Å². The highest BCUT2D eigenvalue weighted by Gasteiger charge is 2.47.